The topological polar surface area (TPSA) is 65.7 Å². The molecule has 0 amide bonds. The first-order chi connectivity index (χ1) is 16.3. The fraction of sp³-hybridized carbons (Fsp3) is 0.0769. The third-order valence-electron chi connectivity index (χ3n) is 4.93. The molecule has 34 heavy (non-hydrogen) atoms. The lowest BCUT2D eigenvalue weighted by Crippen LogP contribution is -2.16. The van der Waals surface area contributed by atoms with E-state index in [0.717, 1.165) is 11.6 Å². The number of esters is 1. The van der Waals surface area contributed by atoms with Crippen molar-refractivity contribution >= 4 is 23.0 Å². The van der Waals surface area contributed by atoms with Crippen LogP contribution in [0.1, 0.15) is 11.3 Å². The Labute approximate surface area is 191 Å². The quantitative estimate of drug-likeness (QED) is 0.202. The molecule has 8 heteroatoms. The summed E-state index contributed by atoms with van der Waals surface area (Å²) < 4.78 is 57.1. The maximum Gasteiger partial charge on any atom is 0.450 e. The molecule has 0 radical (unpaired) electrons. The average Bonchev–Trinajstić information content (AvgIpc) is 2.82. The number of carbonyl (C=O) groups is 1. The van der Waals surface area contributed by atoms with E-state index < -0.39 is 28.9 Å². The Morgan fingerprint density at radius 3 is 2.38 bits per heavy atom. The molecular weight excluding hydrogens is 449 g/mol. The van der Waals surface area contributed by atoms with Gasteiger partial charge in [0.05, 0.1) is 18.1 Å². The molecule has 1 heterocycles. The Hall–Kier alpha value is -4.33. The van der Waals surface area contributed by atoms with E-state index in [0.29, 0.717) is 0 Å². The standard InChI is InChI=1S/C26H17F3O5/c1-32-20-10-6-5-9-18(20)23-24(31)19-13-12-17(15-21(19)34-25(23)26(27,28)29)33-22(30)14-11-16-7-3-2-4-8-16/h2-15H,1H3. The Kier molecular flexibility index (Phi) is 6.23. The van der Waals surface area contributed by atoms with Crippen molar-refractivity contribution in [2.24, 2.45) is 0 Å². The molecule has 0 unspecified atom stereocenters. The second-order valence-corrected chi connectivity index (χ2v) is 7.16. The van der Waals surface area contributed by atoms with Crippen molar-refractivity contribution in [1.82, 2.24) is 0 Å². The van der Waals surface area contributed by atoms with Crippen LogP contribution in [0.5, 0.6) is 11.5 Å². The van der Waals surface area contributed by atoms with E-state index in [-0.39, 0.29) is 28.0 Å². The average molecular weight is 466 g/mol. The first-order valence-corrected chi connectivity index (χ1v) is 10.0. The van der Waals surface area contributed by atoms with Crippen LogP contribution in [0.2, 0.25) is 0 Å². The number of ether oxygens (including phenoxy) is 2. The predicted octanol–water partition coefficient (Wildman–Crippen LogP) is 6.11. The van der Waals surface area contributed by atoms with Crippen LogP contribution in [-0.4, -0.2) is 13.1 Å². The molecule has 0 bridgehead atoms. The number of methoxy groups -OCH3 is 1. The summed E-state index contributed by atoms with van der Waals surface area (Å²) in [6.45, 7) is 0. The molecule has 0 aliphatic rings. The molecule has 5 nitrogen and oxygen atoms in total. The van der Waals surface area contributed by atoms with Gasteiger partial charge in [0.15, 0.2) is 0 Å². The van der Waals surface area contributed by atoms with Gasteiger partial charge in [-0.15, -0.1) is 0 Å². The van der Waals surface area contributed by atoms with Gasteiger partial charge in [-0.2, -0.15) is 13.2 Å². The molecule has 4 rings (SSSR count). The van der Waals surface area contributed by atoms with Gasteiger partial charge in [0.25, 0.3) is 0 Å². The summed E-state index contributed by atoms with van der Waals surface area (Å²) in [6.07, 6.45) is -2.25. The molecular formula is C26H17F3O5. The van der Waals surface area contributed by atoms with Gasteiger partial charge in [0.1, 0.15) is 17.1 Å². The van der Waals surface area contributed by atoms with Crippen LogP contribution in [-0.2, 0) is 11.0 Å². The molecule has 172 valence electrons. The van der Waals surface area contributed by atoms with Crippen LogP contribution in [0.3, 0.4) is 0 Å². The van der Waals surface area contributed by atoms with E-state index in [1.54, 1.807) is 30.3 Å². The number of fused-ring (bicyclic) bond motifs is 1. The minimum absolute atomic E-state index is 0.0467. The first kappa shape index (κ1) is 22.8. The zero-order valence-corrected chi connectivity index (χ0v) is 17.8. The largest absolute Gasteiger partial charge is 0.496 e. The third kappa shape index (κ3) is 4.71. The van der Waals surface area contributed by atoms with Gasteiger partial charge in [0, 0.05) is 17.7 Å². The lowest BCUT2D eigenvalue weighted by atomic mass is 10.0. The van der Waals surface area contributed by atoms with Crippen LogP contribution < -0.4 is 14.9 Å². The van der Waals surface area contributed by atoms with Crippen molar-refractivity contribution in [3.63, 3.8) is 0 Å². The van der Waals surface area contributed by atoms with E-state index in [2.05, 4.69) is 0 Å². The summed E-state index contributed by atoms with van der Waals surface area (Å²) in [7, 11) is 1.29. The highest BCUT2D eigenvalue weighted by Crippen LogP contribution is 2.40. The lowest BCUT2D eigenvalue weighted by Gasteiger charge is -2.15. The molecule has 0 aliphatic heterocycles. The van der Waals surface area contributed by atoms with Gasteiger partial charge >= 0.3 is 12.1 Å². The summed E-state index contributed by atoms with van der Waals surface area (Å²) >= 11 is 0. The number of hydrogen-bond acceptors (Lipinski definition) is 5. The van der Waals surface area contributed by atoms with Gasteiger partial charge in [-0.1, -0.05) is 48.5 Å². The predicted molar refractivity (Wildman–Crippen MR) is 121 cm³/mol. The van der Waals surface area contributed by atoms with Gasteiger partial charge in [-0.05, 0) is 29.8 Å². The van der Waals surface area contributed by atoms with Crippen LogP contribution >= 0.6 is 0 Å². The van der Waals surface area contributed by atoms with Crippen LogP contribution in [0.25, 0.3) is 28.2 Å². The summed E-state index contributed by atoms with van der Waals surface area (Å²) in [5.41, 5.74) is -1.20. The van der Waals surface area contributed by atoms with Crippen molar-refractivity contribution in [2.45, 2.75) is 6.18 Å². The highest BCUT2D eigenvalue weighted by Gasteiger charge is 2.40. The van der Waals surface area contributed by atoms with E-state index in [9.17, 15) is 22.8 Å². The lowest BCUT2D eigenvalue weighted by molar-refractivity contribution is -0.152. The Balaban J connectivity index is 1.76. The molecule has 0 fully saturated rings. The second kappa shape index (κ2) is 9.27. The number of halogens is 3. The number of para-hydroxylation sites is 1. The SMILES string of the molecule is COc1ccccc1-c1c(C(F)(F)F)oc2cc(OC(=O)C=Cc3ccccc3)ccc2c1=O. The fourth-order valence-electron chi connectivity index (χ4n) is 3.41. The van der Waals surface area contributed by atoms with E-state index in [4.69, 9.17) is 13.9 Å². The number of rotatable bonds is 5. The summed E-state index contributed by atoms with van der Waals surface area (Å²) in [4.78, 5) is 25.3. The molecule has 0 aliphatic carbocycles. The summed E-state index contributed by atoms with van der Waals surface area (Å²) in [5, 5.41) is -0.103. The van der Waals surface area contributed by atoms with Gasteiger partial charge in [0.2, 0.25) is 11.2 Å². The molecule has 1 aromatic heterocycles. The molecule has 4 aromatic rings. The molecule has 0 saturated carbocycles. The maximum atomic E-state index is 13.9. The molecule has 0 spiro atoms. The zero-order valence-electron chi connectivity index (χ0n) is 17.8. The highest BCUT2D eigenvalue weighted by atomic mass is 19.4. The smallest absolute Gasteiger partial charge is 0.450 e. The normalized spacial score (nSPS) is 11.6. The number of carbonyl (C=O) groups excluding carboxylic acids is 1. The number of alkyl halides is 3. The second-order valence-electron chi connectivity index (χ2n) is 7.16. The van der Waals surface area contributed by atoms with Gasteiger partial charge < -0.3 is 13.9 Å². The zero-order chi connectivity index (χ0) is 24.3. The van der Waals surface area contributed by atoms with Crippen LogP contribution in [0.4, 0.5) is 13.2 Å². The molecule has 0 N–H and O–H groups in total. The van der Waals surface area contributed by atoms with Gasteiger partial charge in [-0.3, -0.25) is 4.79 Å². The van der Waals surface area contributed by atoms with E-state index in [1.807, 2.05) is 6.07 Å². The molecule has 0 atom stereocenters. The molecule has 0 saturated heterocycles. The summed E-state index contributed by atoms with van der Waals surface area (Å²) in [5.74, 6) is -2.19. The van der Waals surface area contributed by atoms with Crippen molar-refractivity contribution in [3.05, 3.63) is 100 Å². The highest BCUT2D eigenvalue weighted by molar-refractivity contribution is 5.90. The number of hydrogen-bond donors (Lipinski definition) is 0. The monoisotopic (exact) mass is 466 g/mol. The molecule has 3 aromatic carbocycles. The summed E-state index contributed by atoms with van der Waals surface area (Å²) in [6, 6.07) is 18.5. The number of benzene rings is 3. The van der Waals surface area contributed by atoms with Gasteiger partial charge in [-0.25, -0.2) is 4.79 Å². The Bertz CT molecular complexity index is 1440. The minimum atomic E-state index is -4.96. The van der Waals surface area contributed by atoms with Crippen molar-refractivity contribution < 1.29 is 31.9 Å². The fourth-order valence-corrected chi connectivity index (χ4v) is 3.41. The van der Waals surface area contributed by atoms with Crippen molar-refractivity contribution in [2.75, 3.05) is 7.11 Å². The van der Waals surface area contributed by atoms with E-state index >= 15 is 0 Å². The third-order valence-corrected chi connectivity index (χ3v) is 4.93. The van der Waals surface area contributed by atoms with E-state index in [1.165, 1.54) is 49.6 Å². The Morgan fingerprint density at radius 2 is 1.68 bits per heavy atom. The maximum absolute atomic E-state index is 13.9. The first-order valence-electron chi connectivity index (χ1n) is 10.0. The van der Waals surface area contributed by atoms with Crippen molar-refractivity contribution in [1.29, 1.82) is 0 Å². The van der Waals surface area contributed by atoms with Crippen LogP contribution in [0, 0.1) is 0 Å². The van der Waals surface area contributed by atoms with Crippen LogP contribution in [0.15, 0.2) is 88.1 Å². The Morgan fingerprint density at radius 1 is 0.971 bits per heavy atom. The van der Waals surface area contributed by atoms with Crippen molar-refractivity contribution in [3.8, 4) is 22.6 Å². The minimum Gasteiger partial charge on any atom is -0.496 e.